The maximum atomic E-state index is 13.6. The third kappa shape index (κ3) is 5.60. The zero-order valence-electron chi connectivity index (χ0n) is 18.2. The van der Waals surface area contributed by atoms with E-state index in [9.17, 15) is 28.0 Å². The Morgan fingerprint density at radius 1 is 1.09 bits per heavy atom. The number of piperidine rings is 1. The summed E-state index contributed by atoms with van der Waals surface area (Å²) in [5, 5.41) is 7.65. The molecule has 0 saturated carbocycles. The Balaban J connectivity index is 1.48. The van der Waals surface area contributed by atoms with Gasteiger partial charge in [-0.15, -0.1) is 0 Å². The predicted octanol–water partition coefficient (Wildman–Crippen LogP) is 3.20. The van der Waals surface area contributed by atoms with Crippen LogP contribution in [-0.2, 0) is 19.8 Å². The zero-order chi connectivity index (χ0) is 24.0. The number of carbonyl (C=O) groups is 4. The van der Waals surface area contributed by atoms with Crippen molar-refractivity contribution in [1.29, 1.82) is 0 Å². The molecule has 1 heterocycles. The molecule has 1 fully saturated rings. The van der Waals surface area contributed by atoms with E-state index in [1.807, 2.05) is 6.92 Å². The van der Waals surface area contributed by atoms with Gasteiger partial charge in [-0.3, -0.25) is 24.5 Å². The van der Waals surface area contributed by atoms with Gasteiger partial charge in [0.2, 0.25) is 17.7 Å². The molecule has 2 aromatic rings. The summed E-state index contributed by atoms with van der Waals surface area (Å²) >= 11 is 0. The smallest absolute Gasteiger partial charge is 0.254 e. The number of hydrogen-bond donors (Lipinski definition) is 3. The molecule has 1 aliphatic rings. The molecule has 3 N–H and O–H groups in total. The van der Waals surface area contributed by atoms with Crippen LogP contribution in [-0.4, -0.2) is 30.2 Å². The Kier molecular flexibility index (Phi) is 7.52. The number of carbonyl (C=O) groups excluding carboxylic acids is 4. The Bertz CT molecular complexity index is 1070. The van der Waals surface area contributed by atoms with Crippen molar-refractivity contribution in [2.45, 2.75) is 44.4 Å². The van der Waals surface area contributed by atoms with Crippen molar-refractivity contribution < 1.29 is 28.0 Å². The molecule has 1 saturated heterocycles. The molecular formula is C24H25F2N3O4. The predicted molar refractivity (Wildman–Crippen MR) is 117 cm³/mol. The lowest BCUT2D eigenvalue weighted by Crippen LogP contribution is -2.51. The van der Waals surface area contributed by atoms with Crippen molar-refractivity contribution in [3.8, 4) is 0 Å². The van der Waals surface area contributed by atoms with E-state index < -0.39 is 23.0 Å². The van der Waals surface area contributed by atoms with Crippen LogP contribution >= 0.6 is 0 Å². The molecule has 2 aromatic carbocycles. The molecule has 1 atom stereocenters. The molecule has 33 heavy (non-hydrogen) atoms. The second kappa shape index (κ2) is 10.3. The lowest BCUT2D eigenvalue weighted by atomic mass is 9.72. The number of rotatable bonds is 8. The monoisotopic (exact) mass is 457 g/mol. The van der Waals surface area contributed by atoms with Crippen LogP contribution in [0.2, 0.25) is 0 Å². The molecular weight excluding hydrogens is 432 g/mol. The second-order valence-corrected chi connectivity index (χ2v) is 7.92. The summed E-state index contributed by atoms with van der Waals surface area (Å²) in [5.41, 5.74) is 0.309. The fourth-order valence-electron chi connectivity index (χ4n) is 3.88. The topological polar surface area (TPSA) is 104 Å². The lowest BCUT2D eigenvalue weighted by molar-refractivity contribution is -0.138. The highest BCUT2D eigenvalue weighted by molar-refractivity contribution is 6.03. The van der Waals surface area contributed by atoms with Crippen LogP contribution in [0.3, 0.4) is 0 Å². The number of hydrogen-bond acceptors (Lipinski definition) is 4. The first-order valence-electron chi connectivity index (χ1n) is 10.7. The van der Waals surface area contributed by atoms with Gasteiger partial charge in [0.25, 0.3) is 5.91 Å². The maximum Gasteiger partial charge on any atom is 0.254 e. The molecule has 0 aliphatic carbocycles. The summed E-state index contributed by atoms with van der Waals surface area (Å²) in [4.78, 5) is 48.1. The number of amides is 4. The number of benzene rings is 2. The van der Waals surface area contributed by atoms with Crippen LogP contribution < -0.4 is 16.0 Å². The number of nitrogens with one attached hydrogen (secondary N) is 3. The Labute approximate surface area is 189 Å². The van der Waals surface area contributed by atoms with Crippen LogP contribution in [0.4, 0.5) is 14.5 Å². The summed E-state index contributed by atoms with van der Waals surface area (Å²) in [6, 6.07) is 9.64. The molecule has 7 nitrogen and oxygen atoms in total. The average molecular weight is 457 g/mol. The third-order valence-electron chi connectivity index (χ3n) is 5.83. The summed E-state index contributed by atoms with van der Waals surface area (Å²) in [6.07, 6.45) is 1.71. The van der Waals surface area contributed by atoms with E-state index >= 15 is 0 Å². The van der Waals surface area contributed by atoms with Crippen LogP contribution in [0, 0.1) is 11.6 Å². The van der Waals surface area contributed by atoms with Gasteiger partial charge in [0.15, 0.2) is 0 Å². The number of imide groups is 1. The van der Waals surface area contributed by atoms with Gasteiger partial charge in [-0.25, -0.2) is 8.78 Å². The van der Waals surface area contributed by atoms with Crippen LogP contribution in [0.25, 0.3) is 0 Å². The number of halogens is 2. The van der Waals surface area contributed by atoms with Crippen LogP contribution in [0.1, 0.15) is 54.9 Å². The highest BCUT2D eigenvalue weighted by Crippen LogP contribution is 2.36. The Morgan fingerprint density at radius 2 is 1.82 bits per heavy atom. The van der Waals surface area contributed by atoms with Crippen molar-refractivity contribution in [2.75, 3.05) is 11.9 Å². The molecule has 174 valence electrons. The van der Waals surface area contributed by atoms with Gasteiger partial charge in [0, 0.05) is 31.1 Å². The van der Waals surface area contributed by atoms with E-state index in [-0.39, 0.29) is 42.7 Å². The summed E-state index contributed by atoms with van der Waals surface area (Å²) in [6.45, 7) is 2.04. The van der Waals surface area contributed by atoms with Crippen molar-refractivity contribution in [3.63, 3.8) is 0 Å². The van der Waals surface area contributed by atoms with Gasteiger partial charge < -0.3 is 10.6 Å². The van der Waals surface area contributed by atoms with Gasteiger partial charge >= 0.3 is 0 Å². The molecule has 4 amide bonds. The molecule has 0 spiro atoms. The van der Waals surface area contributed by atoms with Crippen molar-refractivity contribution >= 4 is 29.3 Å². The molecule has 0 aromatic heterocycles. The largest absolute Gasteiger partial charge is 0.352 e. The molecule has 0 radical (unpaired) electrons. The highest BCUT2D eigenvalue weighted by atomic mass is 19.1. The summed E-state index contributed by atoms with van der Waals surface area (Å²) in [7, 11) is 0. The first kappa shape index (κ1) is 24.0. The quantitative estimate of drug-likeness (QED) is 0.418. The van der Waals surface area contributed by atoms with Crippen molar-refractivity contribution in [1.82, 2.24) is 10.6 Å². The minimum absolute atomic E-state index is 0.122. The minimum Gasteiger partial charge on any atom is -0.352 e. The Hall–Kier alpha value is -3.62. The van der Waals surface area contributed by atoms with Crippen molar-refractivity contribution in [2.24, 2.45) is 0 Å². The second-order valence-electron chi connectivity index (χ2n) is 7.92. The molecule has 1 unspecified atom stereocenters. The van der Waals surface area contributed by atoms with E-state index in [1.165, 1.54) is 0 Å². The van der Waals surface area contributed by atoms with E-state index in [2.05, 4.69) is 16.0 Å². The van der Waals surface area contributed by atoms with Gasteiger partial charge in [-0.2, -0.15) is 0 Å². The summed E-state index contributed by atoms with van der Waals surface area (Å²) < 4.78 is 26.5. The molecule has 9 heteroatoms. The van der Waals surface area contributed by atoms with Gasteiger partial charge in [0.05, 0.1) is 11.0 Å². The first-order valence-corrected chi connectivity index (χ1v) is 10.7. The normalized spacial score (nSPS) is 17.9. The minimum atomic E-state index is -0.948. The fraction of sp³-hybridized carbons (Fsp3) is 0.333. The van der Waals surface area contributed by atoms with Crippen LogP contribution in [0.15, 0.2) is 42.5 Å². The zero-order valence-corrected chi connectivity index (χ0v) is 18.2. The van der Waals surface area contributed by atoms with Gasteiger partial charge in [-0.1, -0.05) is 19.1 Å². The number of anilines is 1. The van der Waals surface area contributed by atoms with E-state index in [0.29, 0.717) is 31.0 Å². The van der Waals surface area contributed by atoms with Crippen LogP contribution in [0.5, 0.6) is 0 Å². The summed E-state index contributed by atoms with van der Waals surface area (Å²) in [5.74, 6) is -3.24. The third-order valence-corrected chi connectivity index (χ3v) is 5.83. The molecule has 0 bridgehead atoms. The maximum absolute atomic E-state index is 13.6. The fourth-order valence-corrected chi connectivity index (χ4v) is 3.88. The van der Waals surface area contributed by atoms with Gasteiger partial charge in [-0.05, 0) is 49.1 Å². The molecule has 3 rings (SSSR count). The van der Waals surface area contributed by atoms with E-state index in [0.717, 1.165) is 17.7 Å². The molecule has 1 aliphatic heterocycles. The first-order chi connectivity index (χ1) is 15.7. The standard InChI is InChI=1S/C24H25F2N3O4/c1-2-24(12-11-21(31)29-23(24)33)15-5-8-17(9-6-15)28-20(30)4-3-13-27-22(32)18-10-7-16(25)14-19(18)26/h5-10,14H,2-4,11-13H2,1H3,(H,27,32)(H,28,30)(H,29,31,33). The highest BCUT2D eigenvalue weighted by Gasteiger charge is 2.42. The van der Waals surface area contributed by atoms with E-state index in [4.69, 9.17) is 0 Å². The Morgan fingerprint density at radius 3 is 2.45 bits per heavy atom. The van der Waals surface area contributed by atoms with E-state index in [1.54, 1.807) is 24.3 Å². The SMILES string of the molecule is CCC1(c2ccc(NC(=O)CCCNC(=O)c3ccc(F)cc3F)cc2)CCC(=O)NC1=O. The van der Waals surface area contributed by atoms with Gasteiger partial charge in [0.1, 0.15) is 11.6 Å². The van der Waals surface area contributed by atoms with Crippen molar-refractivity contribution in [3.05, 3.63) is 65.2 Å². The average Bonchev–Trinajstić information content (AvgIpc) is 2.78. The lowest BCUT2D eigenvalue weighted by Gasteiger charge is -2.35.